The van der Waals surface area contributed by atoms with Crippen LogP contribution in [0, 0.1) is 23.7 Å². The summed E-state index contributed by atoms with van der Waals surface area (Å²) in [6.45, 7) is 7.43. The molecule has 3 fully saturated rings. The lowest BCUT2D eigenvalue weighted by molar-refractivity contribution is -0.302. The van der Waals surface area contributed by atoms with Crippen molar-refractivity contribution in [2.24, 2.45) is 23.7 Å². The maximum absolute atomic E-state index is 12.7. The minimum absolute atomic E-state index is 0.000873. The molecule has 12 N–H and O–H groups in total. The summed E-state index contributed by atoms with van der Waals surface area (Å²) in [7, 11) is 1.45. The van der Waals surface area contributed by atoms with Crippen LogP contribution in [0.5, 0.6) is 0 Å². The fourth-order valence-electron chi connectivity index (χ4n) is 10.8. The Hall–Kier alpha value is -2.11. The molecule has 0 aromatic heterocycles. The average Bonchev–Trinajstić information content (AvgIpc) is 3.28. The summed E-state index contributed by atoms with van der Waals surface area (Å²) >= 11 is 0. The molecule has 1 amide bonds. The van der Waals surface area contributed by atoms with Gasteiger partial charge in [-0.2, -0.15) is 0 Å². The summed E-state index contributed by atoms with van der Waals surface area (Å²) < 4.78 is 23.2. The zero-order valence-electron chi connectivity index (χ0n) is 43.3. The van der Waals surface area contributed by atoms with Crippen LogP contribution in [-0.2, 0) is 33.3 Å². The predicted molar refractivity (Wildman–Crippen MR) is 261 cm³/mol. The van der Waals surface area contributed by atoms with Gasteiger partial charge in [-0.25, -0.2) is 0 Å². The lowest BCUT2D eigenvalue weighted by Gasteiger charge is -2.46. The highest BCUT2D eigenvalue weighted by Gasteiger charge is 2.51. The molecule has 71 heavy (non-hydrogen) atoms. The van der Waals surface area contributed by atoms with Crippen LogP contribution in [0.3, 0.4) is 0 Å². The zero-order chi connectivity index (χ0) is 52.8. The summed E-state index contributed by atoms with van der Waals surface area (Å²) in [5, 5.41) is 123. The van der Waals surface area contributed by atoms with E-state index in [4.69, 9.17) is 18.9 Å². The van der Waals surface area contributed by atoms with E-state index in [1.54, 1.807) is 13.8 Å². The van der Waals surface area contributed by atoms with Gasteiger partial charge in [-0.3, -0.25) is 14.4 Å². The van der Waals surface area contributed by atoms with Gasteiger partial charge in [-0.15, -0.1) is 0 Å². The highest BCUT2D eigenvalue weighted by molar-refractivity contribution is 5.76. The Morgan fingerprint density at radius 2 is 1.24 bits per heavy atom. The van der Waals surface area contributed by atoms with Crippen molar-refractivity contribution in [2.75, 3.05) is 13.7 Å². The number of carboxylic acids is 1. The smallest absolute Gasteiger partial charge is 0.311 e. The molecule has 1 saturated carbocycles. The van der Waals surface area contributed by atoms with Crippen LogP contribution >= 0.6 is 0 Å². The molecule has 2 heterocycles. The van der Waals surface area contributed by atoms with Gasteiger partial charge in [-0.05, 0) is 57.3 Å². The number of carboxylic acid groups (broad SMARTS) is 1. The first-order valence-corrected chi connectivity index (χ1v) is 26.9. The van der Waals surface area contributed by atoms with E-state index in [-0.39, 0.29) is 57.0 Å². The topological polar surface area (TPSA) is 323 Å². The van der Waals surface area contributed by atoms with Crippen LogP contribution in [0.15, 0.2) is 0 Å². The number of nitrogens with one attached hydrogen (secondary N) is 1. The third-order valence-corrected chi connectivity index (χ3v) is 15.4. The molecule has 2 aliphatic heterocycles. The van der Waals surface area contributed by atoms with Crippen molar-refractivity contribution in [3.05, 3.63) is 0 Å². The highest BCUT2D eigenvalue weighted by atomic mass is 16.6. The van der Waals surface area contributed by atoms with Gasteiger partial charge in [0.15, 0.2) is 5.79 Å². The van der Waals surface area contributed by atoms with Crippen molar-refractivity contribution >= 4 is 17.8 Å². The molecule has 1 aliphatic carbocycles. The Kier molecular flexibility index (Phi) is 28.8. The summed E-state index contributed by atoms with van der Waals surface area (Å²) in [6.07, 6.45) is -4.33. The predicted octanol–water partition coefficient (Wildman–Crippen LogP) is 3.14. The van der Waals surface area contributed by atoms with Crippen LogP contribution < -0.4 is 5.32 Å². The third-order valence-electron chi connectivity index (χ3n) is 15.4. The maximum Gasteiger partial charge on any atom is 0.311 e. The third kappa shape index (κ3) is 22.3. The molecule has 1 unspecified atom stereocenters. The number of aliphatic carboxylic acids is 1. The van der Waals surface area contributed by atoms with Gasteiger partial charge in [0.2, 0.25) is 5.91 Å². The van der Waals surface area contributed by atoms with Crippen molar-refractivity contribution in [1.82, 2.24) is 5.32 Å². The van der Waals surface area contributed by atoms with Crippen molar-refractivity contribution < 1.29 is 89.5 Å². The number of rotatable bonds is 7. The number of fused-ring (bicyclic) bond motifs is 2. The Morgan fingerprint density at radius 3 is 1.83 bits per heavy atom. The SMILES string of the molecule is COCCC(=O)N[C@H]1[C@H](O)[C@@H](C)C[C@@H](O[C@H]2CCCCCCCCCCCCCC[C@H](C)[C@@H](O)[C@@H](C)[C@H](C)OC(=O)C[C@H](O)C[C@H](O)CC[C@@H](O)[C@H](O)C[C@H](O)C[C@]3(O)C[C@H](O)[C@@H](C(=O)O)C(C2)O3)[C@H]1O. The van der Waals surface area contributed by atoms with Gasteiger partial charge in [0.1, 0.15) is 18.1 Å². The molecule has 0 aromatic carbocycles. The van der Waals surface area contributed by atoms with Gasteiger partial charge in [0, 0.05) is 45.1 Å². The summed E-state index contributed by atoms with van der Waals surface area (Å²) in [6, 6.07) is -1.07. The van der Waals surface area contributed by atoms with Crippen LogP contribution in [0.25, 0.3) is 0 Å². The number of hydrogen-bond donors (Lipinski definition) is 12. The number of ether oxygens (including phenoxy) is 4. The van der Waals surface area contributed by atoms with Crippen molar-refractivity contribution in [3.63, 3.8) is 0 Å². The highest BCUT2D eigenvalue weighted by Crippen LogP contribution is 2.39. The van der Waals surface area contributed by atoms with Gasteiger partial charge >= 0.3 is 11.9 Å². The van der Waals surface area contributed by atoms with Crippen molar-refractivity contribution in [1.29, 1.82) is 0 Å². The lowest BCUT2D eigenvalue weighted by atomic mass is 9.79. The molecule has 19 atom stereocenters. The van der Waals surface area contributed by atoms with E-state index in [2.05, 4.69) is 5.32 Å². The number of esters is 1. The first-order chi connectivity index (χ1) is 33.5. The van der Waals surface area contributed by atoms with E-state index >= 15 is 0 Å². The van der Waals surface area contributed by atoms with Gasteiger partial charge in [0.05, 0.1) is 86.2 Å². The molecule has 2 saturated heterocycles. The average molecular weight is 1020 g/mol. The molecular weight excluding hydrogens is 927 g/mol. The van der Waals surface area contributed by atoms with Crippen molar-refractivity contribution in [3.8, 4) is 0 Å². The first kappa shape index (κ1) is 63.2. The van der Waals surface area contributed by atoms with Crippen LogP contribution in [-0.4, -0.2) is 179 Å². The van der Waals surface area contributed by atoms with E-state index in [1.807, 2.05) is 13.8 Å². The van der Waals surface area contributed by atoms with E-state index in [0.717, 1.165) is 77.0 Å². The second-order valence-corrected chi connectivity index (χ2v) is 21.7. The minimum Gasteiger partial charge on any atom is -0.481 e. The number of aliphatic hydroxyl groups is 10. The van der Waals surface area contributed by atoms with Crippen LogP contribution in [0.4, 0.5) is 0 Å². The maximum atomic E-state index is 12.7. The lowest BCUT2D eigenvalue weighted by Crippen LogP contribution is -2.61. The number of carbonyl (C=O) groups is 3. The number of carbonyl (C=O) groups excluding carboxylic acids is 2. The van der Waals surface area contributed by atoms with E-state index in [9.17, 15) is 70.6 Å². The molecule has 19 heteroatoms. The molecule has 3 rings (SSSR count). The van der Waals surface area contributed by atoms with E-state index in [1.165, 1.54) is 7.11 Å². The quantitative estimate of drug-likeness (QED) is 0.163. The number of cyclic esters (lactones) is 1. The van der Waals surface area contributed by atoms with Gasteiger partial charge in [0.25, 0.3) is 0 Å². The summed E-state index contributed by atoms with van der Waals surface area (Å²) in [4.78, 5) is 38.1. The Morgan fingerprint density at radius 1 is 0.648 bits per heavy atom. The molecule has 0 radical (unpaired) electrons. The molecule has 0 aromatic rings. The number of hydrogen-bond acceptors (Lipinski definition) is 17. The molecule has 19 nitrogen and oxygen atoms in total. The summed E-state index contributed by atoms with van der Waals surface area (Å²) in [5.41, 5.74) is 0. The zero-order valence-corrected chi connectivity index (χ0v) is 43.3. The number of aliphatic hydroxyl groups excluding tert-OH is 9. The first-order valence-electron chi connectivity index (χ1n) is 26.9. The second kappa shape index (κ2) is 32.4. The largest absolute Gasteiger partial charge is 0.481 e. The van der Waals surface area contributed by atoms with Gasteiger partial charge < -0.3 is 80.4 Å². The number of amides is 1. The molecule has 0 spiro atoms. The fourth-order valence-corrected chi connectivity index (χ4v) is 10.8. The Labute approximate surface area is 422 Å². The van der Waals surface area contributed by atoms with Crippen LogP contribution in [0.2, 0.25) is 0 Å². The Bertz CT molecular complexity index is 1510. The van der Waals surface area contributed by atoms with E-state index in [0.29, 0.717) is 12.8 Å². The van der Waals surface area contributed by atoms with Crippen LogP contribution in [0.1, 0.15) is 182 Å². The fraction of sp³-hybridized carbons (Fsp3) is 0.942. The summed E-state index contributed by atoms with van der Waals surface area (Å²) in [5.74, 6) is -7.04. The monoisotopic (exact) mass is 1020 g/mol. The second-order valence-electron chi connectivity index (χ2n) is 21.7. The normalized spacial score (nSPS) is 41.0. The molecule has 2 bridgehead atoms. The standard InChI is InChI=1S/C52H95NO18/c1-31-18-16-14-12-10-8-6-7-9-11-13-15-17-19-38(70-43-24-32(2)49(63)47(50(43)64)53-44(60)22-23-68-5)28-42-46(51(65)66)41(59)30-52(67,71-42)29-37(56)26-40(58)39(57)21-20-35(54)25-36(55)27-45(61)69-34(4)33(3)48(31)62/h31-43,46-50,54-59,62-64,67H,6-30H2,1-5H3,(H,53,60)(H,65,66)/t31-,32-,33-,34-,35+,36+,37-,38-,39+,40+,41-,42?,43+,46+,47-,48+,49+,50+,52+/m0/s1. The minimum atomic E-state index is -2.28. The number of methoxy groups -OCH3 is 1. The molecule has 416 valence electrons. The molecule has 3 aliphatic rings. The Balaban J connectivity index is 1.77. The molecular formula is C52H95NO18. The van der Waals surface area contributed by atoms with Crippen molar-refractivity contribution in [2.45, 2.75) is 273 Å². The van der Waals surface area contributed by atoms with E-state index < -0.39 is 147 Å². The van der Waals surface area contributed by atoms with Gasteiger partial charge in [-0.1, -0.05) is 97.8 Å².